The number of aromatic nitrogens is 2. The van der Waals surface area contributed by atoms with Crippen molar-refractivity contribution < 1.29 is 0 Å². The van der Waals surface area contributed by atoms with Crippen LogP contribution >= 0.6 is 0 Å². The van der Waals surface area contributed by atoms with E-state index < -0.39 is 0 Å². The quantitative estimate of drug-likeness (QED) is 0.714. The Balaban J connectivity index is 2.68. The highest BCUT2D eigenvalue weighted by Gasteiger charge is 2.04. The van der Waals surface area contributed by atoms with Crippen molar-refractivity contribution in [2.45, 2.75) is 53.4 Å². The van der Waals surface area contributed by atoms with Crippen molar-refractivity contribution in [3.8, 4) is 0 Å². The lowest BCUT2D eigenvalue weighted by molar-refractivity contribution is 0.606. The minimum absolute atomic E-state index is 0.710. The summed E-state index contributed by atoms with van der Waals surface area (Å²) in [7, 11) is 0. The maximum absolute atomic E-state index is 4.57. The van der Waals surface area contributed by atoms with Crippen molar-refractivity contribution in [2.75, 3.05) is 23.7 Å². The van der Waals surface area contributed by atoms with Crippen LogP contribution < -0.4 is 10.6 Å². The van der Waals surface area contributed by atoms with E-state index in [1.54, 1.807) is 0 Å². The minimum atomic E-state index is 0.710. The van der Waals surface area contributed by atoms with Gasteiger partial charge in [0.05, 0.1) is 0 Å². The second-order valence-corrected chi connectivity index (χ2v) is 5.34. The first-order chi connectivity index (χ1) is 9.15. The molecule has 4 heteroatoms. The van der Waals surface area contributed by atoms with E-state index in [0.29, 0.717) is 5.92 Å². The molecule has 0 fully saturated rings. The third-order valence-corrected chi connectivity index (χ3v) is 2.83. The van der Waals surface area contributed by atoms with Crippen LogP contribution in [-0.2, 0) is 6.42 Å². The molecule has 1 aromatic heterocycles. The Morgan fingerprint density at radius 1 is 1.00 bits per heavy atom. The summed E-state index contributed by atoms with van der Waals surface area (Å²) in [5.41, 5.74) is 0. The summed E-state index contributed by atoms with van der Waals surface area (Å²) in [6.07, 6.45) is 4.26. The fourth-order valence-electron chi connectivity index (χ4n) is 1.76. The molecule has 19 heavy (non-hydrogen) atoms. The predicted octanol–water partition coefficient (Wildman–Crippen LogP) is 3.71. The van der Waals surface area contributed by atoms with Gasteiger partial charge in [-0.15, -0.1) is 0 Å². The molecule has 108 valence electrons. The van der Waals surface area contributed by atoms with Gasteiger partial charge in [0.15, 0.2) is 0 Å². The van der Waals surface area contributed by atoms with Gasteiger partial charge in [-0.3, -0.25) is 0 Å². The van der Waals surface area contributed by atoms with Crippen LogP contribution in [0.1, 0.15) is 52.8 Å². The first-order valence-electron chi connectivity index (χ1n) is 7.51. The SMILES string of the molecule is CCCNc1cc(NCCC(C)C)nc(CCC)n1. The van der Waals surface area contributed by atoms with Crippen LogP contribution in [0.5, 0.6) is 0 Å². The molecule has 4 nitrogen and oxygen atoms in total. The van der Waals surface area contributed by atoms with Crippen LogP contribution in [0.15, 0.2) is 6.07 Å². The van der Waals surface area contributed by atoms with E-state index >= 15 is 0 Å². The molecular formula is C15H28N4. The molecule has 0 aliphatic heterocycles. The maximum atomic E-state index is 4.57. The largest absolute Gasteiger partial charge is 0.370 e. The molecule has 0 saturated heterocycles. The smallest absolute Gasteiger partial charge is 0.133 e. The van der Waals surface area contributed by atoms with Crippen molar-refractivity contribution in [3.63, 3.8) is 0 Å². The van der Waals surface area contributed by atoms with Crippen LogP contribution in [0.25, 0.3) is 0 Å². The molecule has 1 aromatic rings. The van der Waals surface area contributed by atoms with Crippen LogP contribution in [0, 0.1) is 5.92 Å². The first-order valence-corrected chi connectivity index (χ1v) is 7.51. The Hall–Kier alpha value is -1.32. The Bertz CT molecular complexity index is 363. The third-order valence-electron chi connectivity index (χ3n) is 2.83. The van der Waals surface area contributed by atoms with Crippen LogP contribution in [0.3, 0.4) is 0 Å². The molecule has 0 aliphatic carbocycles. The third kappa shape index (κ3) is 6.41. The molecule has 0 unspecified atom stereocenters. The molecule has 0 atom stereocenters. The lowest BCUT2D eigenvalue weighted by Crippen LogP contribution is -2.10. The van der Waals surface area contributed by atoms with Crippen molar-refractivity contribution in [1.82, 2.24) is 9.97 Å². The Labute approximate surface area is 117 Å². The average Bonchev–Trinajstić information content (AvgIpc) is 2.36. The van der Waals surface area contributed by atoms with Gasteiger partial charge in [0, 0.05) is 25.6 Å². The maximum Gasteiger partial charge on any atom is 0.133 e. The number of nitrogens with one attached hydrogen (secondary N) is 2. The molecular weight excluding hydrogens is 236 g/mol. The number of hydrogen-bond acceptors (Lipinski definition) is 4. The Morgan fingerprint density at radius 2 is 1.63 bits per heavy atom. The molecule has 0 spiro atoms. The van der Waals surface area contributed by atoms with Gasteiger partial charge in [0.1, 0.15) is 17.5 Å². The normalized spacial score (nSPS) is 10.8. The van der Waals surface area contributed by atoms with Gasteiger partial charge in [0.2, 0.25) is 0 Å². The number of nitrogens with zero attached hydrogens (tertiary/aromatic N) is 2. The van der Waals surface area contributed by atoms with Gasteiger partial charge in [-0.2, -0.15) is 0 Å². The molecule has 0 bridgehead atoms. The lowest BCUT2D eigenvalue weighted by atomic mass is 10.1. The molecule has 0 amide bonds. The zero-order valence-electron chi connectivity index (χ0n) is 12.8. The summed E-state index contributed by atoms with van der Waals surface area (Å²) in [6.45, 7) is 10.7. The zero-order chi connectivity index (χ0) is 14.1. The summed E-state index contributed by atoms with van der Waals surface area (Å²) >= 11 is 0. The van der Waals surface area contributed by atoms with E-state index in [1.165, 1.54) is 0 Å². The standard InChI is InChI=1S/C15H28N4/c1-5-7-13-18-14(16-9-6-2)11-15(19-13)17-10-8-12(3)4/h11-12H,5-10H2,1-4H3,(H2,16,17,18,19). The molecule has 0 aromatic carbocycles. The number of hydrogen-bond donors (Lipinski definition) is 2. The van der Waals surface area contributed by atoms with Gasteiger partial charge >= 0.3 is 0 Å². The minimum Gasteiger partial charge on any atom is -0.370 e. The Kier molecular flexibility index (Phi) is 7.23. The van der Waals surface area contributed by atoms with Crippen molar-refractivity contribution in [2.24, 2.45) is 5.92 Å². The van der Waals surface area contributed by atoms with Crippen LogP contribution in [0.2, 0.25) is 0 Å². The number of anilines is 2. The first kappa shape index (κ1) is 15.7. The number of rotatable bonds is 9. The fraction of sp³-hybridized carbons (Fsp3) is 0.733. The highest BCUT2D eigenvalue weighted by atomic mass is 15.1. The Morgan fingerprint density at radius 3 is 2.16 bits per heavy atom. The predicted molar refractivity (Wildman–Crippen MR) is 82.8 cm³/mol. The van der Waals surface area contributed by atoms with E-state index in [1.807, 2.05) is 6.07 Å². The van der Waals surface area contributed by atoms with Crippen LogP contribution in [0.4, 0.5) is 11.6 Å². The van der Waals surface area contributed by atoms with Crippen molar-refractivity contribution in [1.29, 1.82) is 0 Å². The summed E-state index contributed by atoms with van der Waals surface area (Å²) in [4.78, 5) is 9.11. The number of aryl methyl sites for hydroxylation is 1. The topological polar surface area (TPSA) is 49.8 Å². The lowest BCUT2D eigenvalue weighted by Gasteiger charge is -2.11. The van der Waals surface area contributed by atoms with Crippen molar-refractivity contribution in [3.05, 3.63) is 11.9 Å². The molecule has 1 heterocycles. The van der Waals surface area contributed by atoms with E-state index in [9.17, 15) is 0 Å². The molecule has 1 rings (SSSR count). The van der Waals surface area contributed by atoms with E-state index in [4.69, 9.17) is 0 Å². The van der Waals surface area contributed by atoms with E-state index in [2.05, 4.69) is 48.3 Å². The van der Waals surface area contributed by atoms with E-state index in [-0.39, 0.29) is 0 Å². The van der Waals surface area contributed by atoms with Gasteiger partial charge in [0.25, 0.3) is 0 Å². The summed E-state index contributed by atoms with van der Waals surface area (Å²) in [6, 6.07) is 2.01. The van der Waals surface area contributed by atoms with Crippen LogP contribution in [-0.4, -0.2) is 23.1 Å². The molecule has 0 radical (unpaired) electrons. The van der Waals surface area contributed by atoms with Gasteiger partial charge in [-0.05, 0) is 25.2 Å². The molecule has 2 N–H and O–H groups in total. The highest BCUT2D eigenvalue weighted by Crippen LogP contribution is 2.13. The average molecular weight is 264 g/mol. The monoisotopic (exact) mass is 264 g/mol. The van der Waals surface area contributed by atoms with Crippen molar-refractivity contribution >= 4 is 11.6 Å². The molecule has 0 saturated carbocycles. The second kappa shape index (κ2) is 8.73. The molecule has 0 aliphatic rings. The summed E-state index contributed by atoms with van der Waals surface area (Å²) in [5, 5.41) is 6.74. The van der Waals surface area contributed by atoms with Gasteiger partial charge in [-0.1, -0.05) is 27.7 Å². The second-order valence-electron chi connectivity index (χ2n) is 5.34. The van der Waals surface area contributed by atoms with Gasteiger partial charge in [-0.25, -0.2) is 9.97 Å². The van der Waals surface area contributed by atoms with Gasteiger partial charge < -0.3 is 10.6 Å². The van der Waals surface area contributed by atoms with E-state index in [0.717, 1.165) is 56.2 Å². The highest BCUT2D eigenvalue weighted by molar-refractivity contribution is 5.47. The summed E-state index contributed by atoms with van der Waals surface area (Å²) < 4.78 is 0. The fourth-order valence-corrected chi connectivity index (χ4v) is 1.76. The zero-order valence-corrected chi connectivity index (χ0v) is 12.8. The summed E-state index contributed by atoms with van der Waals surface area (Å²) in [5.74, 6) is 3.52.